The summed E-state index contributed by atoms with van der Waals surface area (Å²) in [4.78, 5) is 19.4. The van der Waals surface area contributed by atoms with E-state index in [1.165, 1.54) is 6.07 Å². The van der Waals surface area contributed by atoms with E-state index in [0.29, 0.717) is 0 Å². The predicted octanol–water partition coefficient (Wildman–Crippen LogP) is 5.32. The van der Waals surface area contributed by atoms with Crippen molar-refractivity contribution < 1.29 is 4.92 Å². The van der Waals surface area contributed by atoms with Crippen LogP contribution in [0.1, 0.15) is 12.6 Å². The molecule has 0 spiro atoms. The van der Waals surface area contributed by atoms with Crippen molar-refractivity contribution in [1.82, 2.24) is 14.5 Å². The summed E-state index contributed by atoms with van der Waals surface area (Å²) >= 11 is 3.61. The minimum atomic E-state index is -0.380. The van der Waals surface area contributed by atoms with Crippen LogP contribution in [0.3, 0.4) is 0 Å². The Kier molecular flexibility index (Phi) is 4.45. The molecule has 2 heterocycles. The summed E-state index contributed by atoms with van der Waals surface area (Å²) in [5.41, 5.74) is 3.71. The third kappa shape index (κ3) is 3.21. The highest BCUT2D eigenvalue weighted by molar-refractivity contribution is 9.10. The molecule has 4 rings (SSSR count). The zero-order chi connectivity index (χ0) is 19.0. The van der Waals surface area contributed by atoms with Gasteiger partial charge in [-0.3, -0.25) is 14.7 Å². The van der Waals surface area contributed by atoms with Crippen LogP contribution >= 0.6 is 15.9 Å². The van der Waals surface area contributed by atoms with E-state index in [1.54, 1.807) is 18.5 Å². The third-order valence-electron chi connectivity index (χ3n) is 4.47. The Balaban J connectivity index is 1.89. The molecule has 0 saturated heterocycles. The van der Waals surface area contributed by atoms with Gasteiger partial charge in [-0.15, -0.1) is 0 Å². The topological polar surface area (TPSA) is 73.8 Å². The van der Waals surface area contributed by atoms with Gasteiger partial charge in [-0.25, -0.2) is 9.97 Å². The van der Waals surface area contributed by atoms with E-state index in [1.807, 2.05) is 41.1 Å². The molecule has 0 unspecified atom stereocenters. The summed E-state index contributed by atoms with van der Waals surface area (Å²) < 4.78 is 2.96. The van der Waals surface area contributed by atoms with Gasteiger partial charge in [0, 0.05) is 39.9 Å². The molecule has 0 N–H and O–H groups in total. The molecule has 0 bridgehead atoms. The summed E-state index contributed by atoms with van der Waals surface area (Å²) in [5.74, 6) is 0.786. The molecule has 4 aromatic rings. The number of nitrogens with zero attached hydrogens (tertiary/aromatic N) is 4. The van der Waals surface area contributed by atoms with Crippen molar-refractivity contribution in [3.8, 4) is 16.9 Å². The van der Waals surface area contributed by atoms with Crippen LogP contribution in [0.15, 0.2) is 65.5 Å². The number of benzene rings is 2. The first-order valence-corrected chi connectivity index (χ1v) is 9.23. The molecule has 0 amide bonds. The van der Waals surface area contributed by atoms with E-state index in [2.05, 4.69) is 32.8 Å². The van der Waals surface area contributed by atoms with Crippen molar-refractivity contribution in [3.05, 3.63) is 81.3 Å². The lowest BCUT2D eigenvalue weighted by Crippen LogP contribution is -1.99. The molecule has 7 heteroatoms. The summed E-state index contributed by atoms with van der Waals surface area (Å²) in [6.07, 6.45) is 4.37. The maximum absolute atomic E-state index is 11.1. The molecule has 0 aliphatic heterocycles. The SMILES string of the molecule is CCc1cc(-n2cc(Br)c3ccc(-c4cccc([N+](=O)[O-])c4)cc32)ncn1. The van der Waals surface area contributed by atoms with Crippen molar-refractivity contribution in [2.45, 2.75) is 13.3 Å². The van der Waals surface area contributed by atoms with E-state index in [4.69, 9.17) is 0 Å². The lowest BCUT2D eigenvalue weighted by Gasteiger charge is -2.07. The van der Waals surface area contributed by atoms with Crippen molar-refractivity contribution in [1.29, 1.82) is 0 Å². The second-order valence-electron chi connectivity index (χ2n) is 6.11. The number of aryl methyl sites for hydroxylation is 1. The molecule has 134 valence electrons. The molecule has 0 radical (unpaired) electrons. The van der Waals surface area contributed by atoms with Crippen LogP contribution in [-0.2, 0) is 6.42 Å². The first-order chi connectivity index (χ1) is 13.1. The molecule has 0 aliphatic carbocycles. The number of non-ortho nitro benzene ring substituents is 1. The van der Waals surface area contributed by atoms with Crippen LogP contribution in [0.25, 0.3) is 27.8 Å². The Bertz CT molecular complexity index is 1170. The summed E-state index contributed by atoms with van der Waals surface area (Å²) in [5, 5.41) is 12.1. The fraction of sp³-hybridized carbons (Fsp3) is 0.100. The van der Waals surface area contributed by atoms with Crippen LogP contribution in [-0.4, -0.2) is 19.5 Å². The van der Waals surface area contributed by atoms with Crippen molar-refractivity contribution in [3.63, 3.8) is 0 Å². The monoisotopic (exact) mass is 422 g/mol. The second-order valence-corrected chi connectivity index (χ2v) is 6.96. The molecule has 6 nitrogen and oxygen atoms in total. The summed E-state index contributed by atoms with van der Waals surface area (Å²) in [6, 6.07) is 14.6. The van der Waals surface area contributed by atoms with Crippen molar-refractivity contribution in [2.75, 3.05) is 0 Å². The standard InChI is InChI=1S/C20H15BrN4O2/c1-2-15-10-20(23-12-22-15)24-11-18(21)17-7-6-14(9-19(17)24)13-4-3-5-16(8-13)25(26)27/h3-12H,2H2,1H3. The highest BCUT2D eigenvalue weighted by Crippen LogP contribution is 2.33. The fourth-order valence-corrected chi connectivity index (χ4v) is 3.60. The Morgan fingerprint density at radius 1 is 1.11 bits per heavy atom. The van der Waals surface area contributed by atoms with Gasteiger partial charge in [-0.05, 0) is 39.5 Å². The van der Waals surface area contributed by atoms with E-state index in [0.717, 1.165) is 44.4 Å². The Hall–Kier alpha value is -3.06. The Labute approximate surface area is 163 Å². The van der Waals surface area contributed by atoms with Crippen molar-refractivity contribution in [2.24, 2.45) is 0 Å². The average molecular weight is 423 g/mol. The molecule has 0 saturated carbocycles. The molecule has 0 aliphatic rings. The molecule has 2 aromatic heterocycles. The van der Waals surface area contributed by atoms with Crippen LogP contribution < -0.4 is 0 Å². The highest BCUT2D eigenvalue weighted by Gasteiger charge is 2.13. The Morgan fingerprint density at radius 3 is 2.70 bits per heavy atom. The number of nitro groups is 1. The molecular formula is C20H15BrN4O2. The van der Waals surface area contributed by atoms with Crippen LogP contribution in [0, 0.1) is 10.1 Å². The van der Waals surface area contributed by atoms with Gasteiger partial charge in [0.2, 0.25) is 0 Å². The molecular weight excluding hydrogens is 408 g/mol. The highest BCUT2D eigenvalue weighted by atomic mass is 79.9. The molecule has 0 fully saturated rings. The minimum Gasteiger partial charge on any atom is -0.300 e. The number of rotatable bonds is 4. The van der Waals surface area contributed by atoms with E-state index >= 15 is 0 Å². The van der Waals surface area contributed by atoms with Gasteiger partial charge in [-0.1, -0.05) is 31.2 Å². The van der Waals surface area contributed by atoms with Gasteiger partial charge in [0.25, 0.3) is 5.69 Å². The average Bonchev–Trinajstić information content (AvgIpc) is 3.04. The van der Waals surface area contributed by atoms with Gasteiger partial charge < -0.3 is 0 Å². The number of fused-ring (bicyclic) bond motifs is 1. The van der Waals surface area contributed by atoms with Crippen LogP contribution in [0.4, 0.5) is 5.69 Å². The van der Waals surface area contributed by atoms with E-state index < -0.39 is 0 Å². The van der Waals surface area contributed by atoms with Gasteiger partial charge in [0.1, 0.15) is 12.1 Å². The molecule has 0 atom stereocenters. The minimum absolute atomic E-state index is 0.0764. The second kappa shape index (κ2) is 6.92. The largest absolute Gasteiger partial charge is 0.300 e. The van der Waals surface area contributed by atoms with E-state index in [-0.39, 0.29) is 10.6 Å². The van der Waals surface area contributed by atoms with Gasteiger partial charge >= 0.3 is 0 Å². The fourth-order valence-electron chi connectivity index (χ4n) is 3.06. The summed E-state index contributed by atoms with van der Waals surface area (Å²) in [7, 11) is 0. The normalized spacial score (nSPS) is 11.0. The molecule has 27 heavy (non-hydrogen) atoms. The zero-order valence-electron chi connectivity index (χ0n) is 14.5. The summed E-state index contributed by atoms with van der Waals surface area (Å²) in [6.45, 7) is 2.05. The van der Waals surface area contributed by atoms with Crippen LogP contribution in [0.5, 0.6) is 0 Å². The Morgan fingerprint density at radius 2 is 1.93 bits per heavy atom. The van der Waals surface area contributed by atoms with Crippen LogP contribution in [0.2, 0.25) is 0 Å². The zero-order valence-corrected chi connectivity index (χ0v) is 16.0. The number of hydrogen-bond acceptors (Lipinski definition) is 4. The smallest absolute Gasteiger partial charge is 0.270 e. The number of hydrogen-bond donors (Lipinski definition) is 0. The lowest BCUT2D eigenvalue weighted by atomic mass is 10.0. The van der Waals surface area contributed by atoms with Gasteiger partial charge in [-0.2, -0.15) is 0 Å². The van der Waals surface area contributed by atoms with E-state index in [9.17, 15) is 10.1 Å². The third-order valence-corrected chi connectivity index (χ3v) is 5.10. The maximum Gasteiger partial charge on any atom is 0.270 e. The lowest BCUT2D eigenvalue weighted by molar-refractivity contribution is -0.384. The quantitative estimate of drug-likeness (QED) is 0.329. The van der Waals surface area contributed by atoms with Crippen molar-refractivity contribution >= 4 is 32.5 Å². The first-order valence-electron chi connectivity index (χ1n) is 8.43. The first kappa shape index (κ1) is 17.4. The number of nitro benzene ring substituents is 1. The molecule has 2 aromatic carbocycles. The van der Waals surface area contributed by atoms with Gasteiger partial charge in [0.15, 0.2) is 0 Å². The number of aromatic nitrogens is 3. The van der Waals surface area contributed by atoms with Gasteiger partial charge in [0.05, 0.1) is 10.4 Å². The maximum atomic E-state index is 11.1. The number of halogens is 1. The predicted molar refractivity (Wildman–Crippen MR) is 108 cm³/mol.